The fraction of sp³-hybridized carbons (Fsp3) is 0.412. The van der Waals surface area contributed by atoms with E-state index in [0.29, 0.717) is 17.8 Å². The second-order valence-electron chi connectivity index (χ2n) is 6.20. The first-order valence-corrected chi connectivity index (χ1v) is 7.68. The Morgan fingerprint density at radius 1 is 1.27 bits per heavy atom. The fourth-order valence-electron chi connectivity index (χ4n) is 3.08. The Hall–Kier alpha value is -2.30. The lowest BCUT2D eigenvalue weighted by Crippen LogP contribution is -2.41. The summed E-state index contributed by atoms with van der Waals surface area (Å²) < 4.78 is 1.29. The van der Waals surface area contributed by atoms with Gasteiger partial charge in [0.2, 0.25) is 0 Å². The third-order valence-electron chi connectivity index (χ3n) is 4.19. The first-order chi connectivity index (χ1) is 10.5. The second-order valence-corrected chi connectivity index (χ2v) is 6.20. The van der Waals surface area contributed by atoms with Crippen LogP contribution in [-0.2, 0) is 6.42 Å². The lowest BCUT2D eigenvalue weighted by atomic mass is 9.95. The Morgan fingerprint density at radius 2 is 2.05 bits per heavy atom. The molecule has 0 aliphatic carbocycles. The molecule has 0 radical (unpaired) electrons. The molecule has 1 aromatic carbocycles. The number of aromatic nitrogens is 2. The van der Waals surface area contributed by atoms with Gasteiger partial charge in [0, 0.05) is 6.04 Å². The third kappa shape index (κ3) is 2.47. The number of nitrogens with zero attached hydrogens (tertiary/aromatic N) is 1. The Morgan fingerprint density at radius 3 is 2.73 bits per heavy atom. The van der Waals surface area contributed by atoms with Gasteiger partial charge < -0.3 is 5.32 Å². The first kappa shape index (κ1) is 14.6. The number of benzene rings is 1. The molecule has 2 heterocycles. The minimum Gasteiger partial charge on any atom is -0.364 e. The van der Waals surface area contributed by atoms with Gasteiger partial charge in [0.05, 0.1) is 11.6 Å². The standard InChI is InChI=1S/C17H21N3O2/c1-10(2)20-16(21)13-7-8-14(18-15(13)19-17(20)22)12-6-4-5-11(3)9-12/h4-6,9-10,14,18H,7-8H2,1-3H3,(H,19,22)/t14-/m1/s1. The number of fused-ring (bicyclic) bond motifs is 1. The van der Waals surface area contributed by atoms with Gasteiger partial charge in [-0.3, -0.25) is 14.3 Å². The van der Waals surface area contributed by atoms with Crippen LogP contribution in [0.1, 0.15) is 49.0 Å². The van der Waals surface area contributed by atoms with E-state index in [-0.39, 0.29) is 23.3 Å². The zero-order valence-corrected chi connectivity index (χ0v) is 13.1. The topological polar surface area (TPSA) is 66.9 Å². The summed E-state index contributed by atoms with van der Waals surface area (Å²) in [5, 5.41) is 3.32. The zero-order valence-electron chi connectivity index (χ0n) is 13.1. The molecule has 0 amide bonds. The lowest BCUT2D eigenvalue weighted by molar-refractivity contribution is 0.530. The molecule has 1 aliphatic rings. The van der Waals surface area contributed by atoms with Crippen molar-refractivity contribution >= 4 is 5.82 Å². The Kier molecular flexibility index (Phi) is 3.64. The predicted octanol–water partition coefficient (Wildman–Crippen LogP) is 2.53. The van der Waals surface area contributed by atoms with Gasteiger partial charge in [0.1, 0.15) is 5.82 Å². The Bertz CT molecular complexity index is 817. The van der Waals surface area contributed by atoms with E-state index < -0.39 is 0 Å². The summed E-state index contributed by atoms with van der Waals surface area (Å²) >= 11 is 0. The van der Waals surface area contributed by atoms with Crippen molar-refractivity contribution < 1.29 is 0 Å². The number of H-pyrrole nitrogens is 1. The van der Waals surface area contributed by atoms with Crippen molar-refractivity contribution in [3.8, 4) is 0 Å². The highest BCUT2D eigenvalue weighted by Crippen LogP contribution is 2.29. The fourth-order valence-corrected chi connectivity index (χ4v) is 3.08. The van der Waals surface area contributed by atoms with E-state index >= 15 is 0 Å². The van der Waals surface area contributed by atoms with Crippen LogP contribution >= 0.6 is 0 Å². The molecule has 0 saturated carbocycles. The maximum atomic E-state index is 12.5. The van der Waals surface area contributed by atoms with E-state index in [1.807, 2.05) is 19.9 Å². The number of anilines is 1. The maximum absolute atomic E-state index is 12.5. The predicted molar refractivity (Wildman–Crippen MR) is 87.6 cm³/mol. The molecule has 5 heteroatoms. The molecule has 1 aliphatic heterocycles. The van der Waals surface area contributed by atoms with Gasteiger partial charge in [-0.1, -0.05) is 29.8 Å². The van der Waals surface area contributed by atoms with E-state index in [2.05, 4.69) is 35.4 Å². The summed E-state index contributed by atoms with van der Waals surface area (Å²) in [5.74, 6) is 0.574. The van der Waals surface area contributed by atoms with Crippen LogP contribution in [0.25, 0.3) is 0 Å². The summed E-state index contributed by atoms with van der Waals surface area (Å²) in [5.41, 5.74) is 2.53. The monoisotopic (exact) mass is 299 g/mol. The van der Waals surface area contributed by atoms with Crippen molar-refractivity contribution in [1.82, 2.24) is 9.55 Å². The normalized spacial score (nSPS) is 17.2. The van der Waals surface area contributed by atoms with Crippen LogP contribution < -0.4 is 16.6 Å². The van der Waals surface area contributed by atoms with Gasteiger partial charge in [-0.2, -0.15) is 0 Å². The lowest BCUT2D eigenvalue weighted by Gasteiger charge is -2.27. The molecular formula is C17H21N3O2. The molecule has 3 rings (SSSR count). The highest BCUT2D eigenvalue weighted by molar-refractivity contribution is 5.48. The van der Waals surface area contributed by atoms with Crippen LogP contribution in [0.2, 0.25) is 0 Å². The van der Waals surface area contributed by atoms with Crippen molar-refractivity contribution in [2.75, 3.05) is 5.32 Å². The van der Waals surface area contributed by atoms with Gasteiger partial charge in [0.15, 0.2) is 0 Å². The van der Waals surface area contributed by atoms with E-state index in [4.69, 9.17) is 0 Å². The molecule has 1 atom stereocenters. The average Bonchev–Trinajstić information content (AvgIpc) is 2.46. The van der Waals surface area contributed by atoms with Crippen LogP contribution in [-0.4, -0.2) is 9.55 Å². The zero-order chi connectivity index (χ0) is 15.9. The quantitative estimate of drug-likeness (QED) is 0.895. The van der Waals surface area contributed by atoms with Crippen LogP contribution in [0.15, 0.2) is 33.9 Å². The van der Waals surface area contributed by atoms with Gasteiger partial charge in [-0.05, 0) is 39.2 Å². The second kappa shape index (κ2) is 5.48. The number of nitrogens with one attached hydrogen (secondary N) is 2. The molecule has 0 unspecified atom stereocenters. The van der Waals surface area contributed by atoms with Crippen LogP contribution in [0.3, 0.4) is 0 Å². The van der Waals surface area contributed by atoms with Gasteiger partial charge in [-0.25, -0.2) is 4.79 Å². The smallest absolute Gasteiger partial charge is 0.330 e. The van der Waals surface area contributed by atoms with Crippen molar-refractivity contribution in [3.63, 3.8) is 0 Å². The summed E-state index contributed by atoms with van der Waals surface area (Å²) in [6.45, 7) is 5.74. The van der Waals surface area contributed by atoms with E-state index in [9.17, 15) is 9.59 Å². The van der Waals surface area contributed by atoms with Gasteiger partial charge in [-0.15, -0.1) is 0 Å². The molecule has 0 saturated heterocycles. The number of hydrogen-bond donors (Lipinski definition) is 2. The minimum absolute atomic E-state index is 0.123. The van der Waals surface area contributed by atoms with Crippen molar-refractivity contribution in [2.24, 2.45) is 0 Å². The summed E-state index contributed by atoms with van der Waals surface area (Å²) in [6, 6.07) is 8.28. The largest absolute Gasteiger partial charge is 0.364 e. The highest BCUT2D eigenvalue weighted by Gasteiger charge is 2.24. The number of rotatable bonds is 2. The van der Waals surface area contributed by atoms with Crippen molar-refractivity contribution in [3.05, 3.63) is 61.8 Å². The van der Waals surface area contributed by atoms with Crippen LogP contribution in [0.4, 0.5) is 5.82 Å². The Balaban J connectivity index is 2.01. The molecule has 5 nitrogen and oxygen atoms in total. The summed E-state index contributed by atoms with van der Waals surface area (Å²) in [6.07, 6.45) is 1.51. The number of hydrogen-bond acceptors (Lipinski definition) is 3. The van der Waals surface area contributed by atoms with Crippen molar-refractivity contribution in [1.29, 1.82) is 0 Å². The molecule has 2 N–H and O–H groups in total. The molecule has 1 aromatic heterocycles. The number of aromatic amines is 1. The van der Waals surface area contributed by atoms with E-state index in [0.717, 1.165) is 6.42 Å². The summed E-state index contributed by atoms with van der Waals surface area (Å²) in [7, 11) is 0. The minimum atomic E-state index is -0.351. The molecule has 2 aromatic rings. The SMILES string of the molecule is Cc1cccc([C@H]2CCc3c([nH]c(=O)n(C(C)C)c3=O)N2)c1. The van der Waals surface area contributed by atoms with E-state index in [1.165, 1.54) is 15.7 Å². The van der Waals surface area contributed by atoms with Gasteiger partial charge >= 0.3 is 5.69 Å². The number of aryl methyl sites for hydroxylation is 1. The molecule has 0 bridgehead atoms. The molecule has 116 valence electrons. The first-order valence-electron chi connectivity index (χ1n) is 7.68. The average molecular weight is 299 g/mol. The van der Waals surface area contributed by atoms with Crippen LogP contribution in [0.5, 0.6) is 0 Å². The molecule has 0 spiro atoms. The maximum Gasteiger partial charge on any atom is 0.330 e. The van der Waals surface area contributed by atoms with Crippen LogP contribution in [0, 0.1) is 6.92 Å². The molecule has 0 fully saturated rings. The highest BCUT2D eigenvalue weighted by atomic mass is 16.2. The van der Waals surface area contributed by atoms with E-state index in [1.54, 1.807) is 0 Å². The summed E-state index contributed by atoms with van der Waals surface area (Å²) in [4.78, 5) is 27.4. The van der Waals surface area contributed by atoms with Crippen molar-refractivity contribution in [2.45, 2.75) is 45.7 Å². The Labute approximate surface area is 129 Å². The molecule has 22 heavy (non-hydrogen) atoms. The van der Waals surface area contributed by atoms with Gasteiger partial charge in [0.25, 0.3) is 5.56 Å². The third-order valence-corrected chi connectivity index (χ3v) is 4.19. The molecular weight excluding hydrogens is 278 g/mol.